The lowest BCUT2D eigenvalue weighted by Gasteiger charge is -2.28. The smallest absolute Gasteiger partial charge is 0.338 e. The van der Waals surface area contributed by atoms with Gasteiger partial charge in [-0.2, -0.15) is 0 Å². The summed E-state index contributed by atoms with van der Waals surface area (Å²) in [6.45, 7) is 3.31. The summed E-state index contributed by atoms with van der Waals surface area (Å²) in [6.07, 6.45) is 0. The number of methoxy groups -OCH3 is 2. The molecule has 9 nitrogen and oxygen atoms in total. The van der Waals surface area contributed by atoms with Gasteiger partial charge in [0.2, 0.25) is 0 Å². The second-order valence-electron chi connectivity index (χ2n) is 6.62. The van der Waals surface area contributed by atoms with Crippen molar-refractivity contribution in [3.8, 4) is 0 Å². The molecule has 0 aliphatic carbocycles. The summed E-state index contributed by atoms with van der Waals surface area (Å²) >= 11 is 5.95. The summed E-state index contributed by atoms with van der Waals surface area (Å²) in [5, 5.41) is 3.83. The summed E-state index contributed by atoms with van der Waals surface area (Å²) in [5.41, 5.74) is 10.7. The summed E-state index contributed by atoms with van der Waals surface area (Å²) in [6, 6.07) is 8.33. The Balaban J connectivity index is 2.49. The highest BCUT2D eigenvalue weighted by Gasteiger charge is 2.29. The van der Waals surface area contributed by atoms with Gasteiger partial charge in [0.1, 0.15) is 6.04 Å². The fraction of sp³-hybridized carbons (Fsp3) is 0.286. The predicted octanol–water partition coefficient (Wildman–Crippen LogP) is 4.58. The number of esters is 2. The molecule has 0 saturated carbocycles. The van der Waals surface area contributed by atoms with Gasteiger partial charge in [0.15, 0.2) is 0 Å². The molecule has 0 aliphatic rings. The Morgan fingerprint density at radius 3 is 2.39 bits per heavy atom. The van der Waals surface area contributed by atoms with Crippen molar-refractivity contribution in [2.75, 3.05) is 14.2 Å². The Morgan fingerprint density at radius 1 is 1.13 bits per heavy atom. The van der Waals surface area contributed by atoms with Crippen LogP contribution in [0, 0.1) is 6.92 Å². The number of azide groups is 1. The highest BCUT2D eigenvalue weighted by molar-refractivity contribution is 6.31. The fourth-order valence-electron chi connectivity index (χ4n) is 3.01. The van der Waals surface area contributed by atoms with Crippen LogP contribution in [0.4, 0.5) is 5.69 Å². The Bertz CT molecular complexity index is 1070. The van der Waals surface area contributed by atoms with Crippen LogP contribution in [0.3, 0.4) is 0 Å². The van der Waals surface area contributed by atoms with Crippen LogP contribution in [0.15, 0.2) is 41.5 Å². The molecule has 2 aromatic rings. The van der Waals surface area contributed by atoms with Crippen LogP contribution in [-0.4, -0.2) is 43.0 Å². The molecule has 0 bridgehead atoms. The number of nitrogens with zero attached hydrogens (tertiary/aromatic N) is 4. The topological polar surface area (TPSA) is 122 Å². The molecule has 162 valence electrons. The zero-order valence-electron chi connectivity index (χ0n) is 17.5. The summed E-state index contributed by atoms with van der Waals surface area (Å²) in [7, 11) is 2.52. The maximum atomic E-state index is 13.3. The molecule has 2 rings (SSSR count). The van der Waals surface area contributed by atoms with Crippen molar-refractivity contribution in [1.82, 2.24) is 4.90 Å². The fourth-order valence-corrected chi connectivity index (χ4v) is 3.18. The average Bonchev–Trinajstić information content (AvgIpc) is 2.76. The number of halogens is 1. The normalized spacial score (nSPS) is 11.1. The van der Waals surface area contributed by atoms with Crippen molar-refractivity contribution in [2.45, 2.75) is 26.4 Å². The van der Waals surface area contributed by atoms with E-state index in [2.05, 4.69) is 10.0 Å². The number of amides is 1. The molecule has 1 atom stereocenters. The van der Waals surface area contributed by atoms with Gasteiger partial charge in [-0.1, -0.05) is 28.8 Å². The van der Waals surface area contributed by atoms with E-state index in [9.17, 15) is 14.4 Å². The van der Waals surface area contributed by atoms with Gasteiger partial charge >= 0.3 is 11.9 Å². The third-order valence-corrected chi connectivity index (χ3v) is 4.90. The number of hydrogen-bond acceptors (Lipinski definition) is 6. The predicted molar refractivity (Wildman–Crippen MR) is 114 cm³/mol. The number of carbonyl (C=O) groups is 3. The van der Waals surface area contributed by atoms with Gasteiger partial charge in [-0.15, -0.1) is 0 Å². The van der Waals surface area contributed by atoms with Crippen LogP contribution in [0.2, 0.25) is 5.02 Å². The first-order chi connectivity index (χ1) is 14.7. The van der Waals surface area contributed by atoms with Crippen molar-refractivity contribution in [1.29, 1.82) is 0 Å². The molecule has 0 saturated heterocycles. The van der Waals surface area contributed by atoms with E-state index in [0.29, 0.717) is 21.7 Å². The molecule has 2 aromatic carbocycles. The molecule has 0 heterocycles. The van der Waals surface area contributed by atoms with Gasteiger partial charge in [0, 0.05) is 22.0 Å². The largest absolute Gasteiger partial charge is 0.467 e. The summed E-state index contributed by atoms with van der Waals surface area (Å²) < 4.78 is 9.55. The number of benzene rings is 2. The standard InChI is InChI=1S/C21H21ClN4O5/c1-12-9-14(5-7-16(12)21(29)31-4)11-26(13(2)20(28)30-3)19(27)17-8-6-15(22)10-18(17)24-25-23/h5-10,13H,11H2,1-4H3/t13-/m1/s1. The van der Waals surface area contributed by atoms with E-state index in [-0.39, 0.29) is 17.8 Å². The van der Waals surface area contributed by atoms with Gasteiger partial charge in [0.05, 0.1) is 25.5 Å². The number of aryl methyl sites for hydroxylation is 1. The van der Waals surface area contributed by atoms with Gasteiger partial charge in [-0.3, -0.25) is 4.79 Å². The number of rotatable bonds is 7. The van der Waals surface area contributed by atoms with Gasteiger partial charge in [-0.05, 0) is 54.8 Å². The van der Waals surface area contributed by atoms with E-state index < -0.39 is 23.9 Å². The zero-order chi connectivity index (χ0) is 23.1. The summed E-state index contributed by atoms with van der Waals surface area (Å²) in [4.78, 5) is 41.4. The highest BCUT2D eigenvalue weighted by Crippen LogP contribution is 2.27. The van der Waals surface area contributed by atoms with Crippen molar-refractivity contribution in [2.24, 2.45) is 5.11 Å². The molecule has 0 fully saturated rings. The first-order valence-corrected chi connectivity index (χ1v) is 9.52. The van der Waals surface area contributed by atoms with Gasteiger partial charge < -0.3 is 14.4 Å². The van der Waals surface area contributed by atoms with Crippen LogP contribution in [0.1, 0.15) is 38.8 Å². The van der Waals surface area contributed by atoms with Crippen molar-refractivity contribution < 1.29 is 23.9 Å². The molecule has 0 aromatic heterocycles. The quantitative estimate of drug-likeness (QED) is 0.267. The first kappa shape index (κ1) is 23.7. The molecule has 0 aliphatic heterocycles. The van der Waals surface area contributed by atoms with E-state index in [4.69, 9.17) is 26.6 Å². The maximum absolute atomic E-state index is 13.3. The van der Waals surface area contributed by atoms with E-state index >= 15 is 0 Å². The second kappa shape index (κ2) is 10.5. The first-order valence-electron chi connectivity index (χ1n) is 9.14. The molecule has 0 N–H and O–H groups in total. The number of ether oxygens (including phenoxy) is 2. The van der Waals surface area contributed by atoms with Crippen LogP contribution in [-0.2, 0) is 20.8 Å². The minimum atomic E-state index is -0.937. The minimum absolute atomic E-state index is 0.0374. The van der Waals surface area contributed by atoms with E-state index in [1.54, 1.807) is 25.1 Å². The molecule has 31 heavy (non-hydrogen) atoms. The molecule has 10 heteroatoms. The van der Waals surface area contributed by atoms with Crippen LogP contribution in [0.25, 0.3) is 10.4 Å². The molecular weight excluding hydrogens is 424 g/mol. The van der Waals surface area contributed by atoms with Crippen molar-refractivity contribution in [3.63, 3.8) is 0 Å². The molecule has 0 radical (unpaired) electrons. The molecular formula is C21H21ClN4O5. The Hall–Kier alpha value is -3.55. The van der Waals surface area contributed by atoms with E-state index in [0.717, 1.165) is 0 Å². The SMILES string of the molecule is COC(=O)c1ccc(CN(C(=O)c2ccc(Cl)cc2N=[N+]=[N-])[C@H](C)C(=O)OC)cc1C. The zero-order valence-corrected chi connectivity index (χ0v) is 18.2. The second-order valence-corrected chi connectivity index (χ2v) is 7.06. The Labute approximate surface area is 184 Å². The molecule has 0 spiro atoms. The van der Waals surface area contributed by atoms with E-state index in [1.807, 2.05) is 0 Å². The monoisotopic (exact) mass is 444 g/mol. The van der Waals surface area contributed by atoms with Crippen molar-refractivity contribution >= 4 is 35.1 Å². The van der Waals surface area contributed by atoms with Crippen LogP contribution in [0.5, 0.6) is 0 Å². The van der Waals surface area contributed by atoms with Gasteiger partial charge in [0.25, 0.3) is 5.91 Å². The number of hydrogen-bond donors (Lipinski definition) is 0. The van der Waals surface area contributed by atoms with E-state index in [1.165, 1.54) is 44.2 Å². The molecule has 1 amide bonds. The Kier molecular flexibility index (Phi) is 8.01. The minimum Gasteiger partial charge on any atom is -0.467 e. The lowest BCUT2D eigenvalue weighted by atomic mass is 10.0. The van der Waals surface area contributed by atoms with Gasteiger partial charge in [-0.25, -0.2) is 9.59 Å². The Morgan fingerprint density at radius 2 is 1.81 bits per heavy atom. The summed E-state index contributed by atoms with van der Waals surface area (Å²) in [5.74, 6) is -1.64. The van der Waals surface area contributed by atoms with Crippen LogP contribution < -0.4 is 0 Å². The number of carbonyl (C=O) groups excluding carboxylic acids is 3. The third kappa shape index (κ3) is 5.53. The van der Waals surface area contributed by atoms with Crippen molar-refractivity contribution in [3.05, 3.63) is 74.1 Å². The lowest BCUT2D eigenvalue weighted by molar-refractivity contribution is -0.145. The lowest BCUT2D eigenvalue weighted by Crippen LogP contribution is -2.43. The maximum Gasteiger partial charge on any atom is 0.338 e. The average molecular weight is 445 g/mol. The molecule has 0 unspecified atom stereocenters. The third-order valence-electron chi connectivity index (χ3n) is 4.66. The van der Waals surface area contributed by atoms with Crippen LogP contribution >= 0.6 is 11.6 Å². The highest BCUT2D eigenvalue weighted by atomic mass is 35.5.